The molecule has 1 aliphatic rings. The van der Waals surface area contributed by atoms with Crippen LogP contribution in [0.1, 0.15) is 54.1 Å². The van der Waals surface area contributed by atoms with E-state index in [1.807, 2.05) is 43.0 Å². The number of piperidine rings is 1. The second-order valence-electron chi connectivity index (χ2n) is 9.23. The largest absolute Gasteiger partial charge is 0.342 e. The number of amides is 1. The quantitative estimate of drug-likeness (QED) is 0.477. The molecule has 1 atom stereocenters. The number of fused-ring (bicyclic) bond motifs is 1. The molecular weight excluding hydrogens is 447 g/mol. The molecule has 4 aromatic rings. The Kier molecular flexibility index (Phi) is 6.15. The molecule has 2 aromatic heterocycles. The molecule has 5 rings (SSSR count). The number of hydrogen-bond acceptors (Lipinski definition) is 5. The van der Waals surface area contributed by atoms with Gasteiger partial charge in [0.25, 0.3) is 5.56 Å². The van der Waals surface area contributed by atoms with Gasteiger partial charge in [-0.25, -0.2) is 14.1 Å². The summed E-state index contributed by atoms with van der Waals surface area (Å²) in [5.74, 6) is 0.162. The number of aryl methyl sites for hydroxylation is 1. The minimum atomic E-state index is -0.345. The van der Waals surface area contributed by atoms with Crippen LogP contribution in [-0.2, 0) is 11.3 Å². The number of H-pyrrole nitrogens is 1. The molecule has 1 fully saturated rings. The van der Waals surface area contributed by atoms with Crippen molar-refractivity contribution in [1.29, 1.82) is 0 Å². The molecule has 180 valence electrons. The molecule has 0 radical (unpaired) electrons. The summed E-state index contributed by atoms with van der Waals surface area (Å²) in [4.78, 5) is 35.2. The second-order valence-corrected chi connectivity index (χ2v) is 9.23. The van der Waals surface area contributed by atoms with Gasteiger partial charge in [-0.1, -0.05) is 47.2 Å². The summed E-state index contributed by atoms with van der Waals surface area (Å²) in [5, 5.41) is 8.04. The number of likely N-dealkylation sites (tertiary alicyclic amines) is 1. The molecule has 9 heteroatoms. The molecule has 35 heavy (non-hydrogen) atoms. The molecule has 0 bridgehead atoms. The molecule has 1 unspecified atom stereocenters. The van der Waals surface area contributed by atoms with Crippen LogP contribution >= 0.6 is 0 Å². The number of carbonyl (C=O) groups excluding carboxylic acids is 1. The van der Waals surface area contributed by atoms with E-state index in [1.54, 1.807) is 12.1 Å². The molecule has 3 heterocycles. The Morgan fingerprint density at radius 1 is 1.17 bits per heavy atom. The van der Waals surface area contributed by atoms with Crippen LogP contribution in [0.15, 0.2) is 53.3 Å². The Morgan fingerprint density at radius 2 is 1.91 bits per heavy atom. The molecule has 1 aliphatic heterocycles. The fourth-order valence-electron chi connectivity index (χ4n) is 4.64. The first kappa shape index (κ1) is 22.9. The molecule has 1 amide bonds. The lowest BCUT2D eigenvalue weighted by Crippen LogP contribution is -2.40. The van der Waals surface area contributed by atoms with Gasteiger partial charge in [0.15, 0.2) is 11.2 Å². The Bertz CT molecular complexity index is 1420. The summed E-state index contributed by atoms with van der Waals surface area (Å²) in [6.07, 6.45) is 1.40. The summed E-state index contributed by atoms with van der Waals surface area (Å²) in [5.41, 5.74) is 3.07. The van der Waals surface area contributed by atoms with Gasteiger partial charge in [0.05, 0.1) is 12.5 Å². The standard InChI is InChI=1S/C26H27FN6O2/c1-16-6-8-19(9-7-16)17(2)26(35)32-12-10-20(11-13-32)23-28-24-22(25(34)29-23)30-31-33(24)15-18-4-3-5-21(27)14-18/h3-9,14,17,20H,10-13,15H2,1-2H3,(H,28,29,34). The zero-order valence-electron chi connectivity index (χ0n) is 19.7. The number of carbonyl (C=O) groups is 1. The van der Waals surface area contributed by atoms with Crippen LogP contribution < -0.4 is 5.56 Å². The van der Waals surface area contributed by atoms with Crippen molar-refractivity contribution in [2.75, 3.05) is 13.1 Å². The molecule has 1 N–H and O–H groups in total. The first-order valence-corrected chi connectivity index (χ1v) is 11.8. The summed E-state index contributed by atoms with van der Waals surface area (Å²) in [6, 6.07) is 14.3. The molecule has 0 saturated carbocycles. The van der Waals surface area contributed by atoms with Crippen LogP contribution in [-0.4, -0.2) is 48.9 Å². The predicted molar refractivity (Wildman–Crippen MR) is 130 cm³/mol. The van der Waals surface area contributed by atoms with E-state index in [9.17, 15) is 14.0 Å². The van der Waals surface area contributed by atoms with Gasteiger partial charge in [-0.2, -0.15) is 0 Å². The van der Waals surface area contributed by atoms with Crippen molar-refractivity contribution in [1.82, 2.24) is 29.9 Å². The van der Waals surface area contributed by atoms with Gasteiger partial charge in [0.2, 0.25) is 5.91 Å². The summed E-state index contributed by atoms with van der Waals surface area (Å²) < 4.78 is 15.1. The van der Waals surface area contributed by atoms with Crippen LogP contribution in [0.25, 0.3) is 11.2 Å². The van der Waals surface area contributed by atoms with Gasteiger partial charge in [0.1, 0.15) is 11.6 Å². The smallest absolute Gasteiger partial charge is 0.281 e. The zero-order valence-corrected chi connectivity index (χ0v) is 19.7. The number of hydrogen-bond donors (Lipinski definition) is 1. The normalized spacial score (nSPS) is 15.5. The van der Waals surface area contributed by atoms with Gasteiger partial charge in [-0.15, -0.1) is 5.10 Å². The lowest BCUT2D eigenvalue weighted by Gasteiger charge is -2.33. The highest BCUT2D eigenvalue weighted by atomic mass is 19.1. The van der Waals surface area contributed by atoms with Gasteiger partial charge in [-0.3, -0.25) is 9.59 Å². The van der Waals surface area contributed by atoms with E-state index in [0.29, 0.717) is 43.0 Å². The van der Waals surface area contributed by atoms with E-state index in [2.05, 4.69) is 20.3 Å². The van der Waals surface area contributed by atoms with Crippen LogP contribution in [0.5, 0.6) is 0 Å². The average Bonchev–Trinajstić information content (AvgIpc) is 3.27. The fraction of sp³-hybridized carbons (Fsp3) is 0.346. The number of halogens is 1. The highest BCUT2D eigenvalue weighted by Gasteiger charge is 2.29. The Hall–Kier alpha value is -3.88. The SMILES string of the molecule is Cc1ccc(C(C)C(=O)N2CCC(c3nc4c(nnn4Cc4cccc(F)c4)c(=O)[nH]3)CC2)cc1. The van der Waals surface area contributed by atoms with Crippen molar-refractivity contribution in [3.8, 4) is 0 Å². The maximum absolute atomic E-state index is 13.6. The van der Waals surface area contributed by atoms with E-state index in [0.717, 1.165) is 5.56 Å². The van der Waals surface area contributed by atoms with Crippen molar-refractivity contribution in [3.63, 3.8) is 0 Å². The van der Waals surface area contributed by atoms with Gasteiger partial charge < -0.3 is 9.88 Å². The summed E-state index contributed by atoms with van der Waals surface area (Å²) in [6.45, 7) is 5.43. The maximum atomic E-state index is 13.6. The average molecular weight is 475 g/mol. The van der Waals surface area contributed by atoms with Gasteiger partial charge in [0, 0.05) is 19.0 Å². The number of benzene rings is 2. The third kappa shape index (κ3) is 4.71. The molecule has 8 nitrogen and oxygen atoms in total. The van der Waals surface area contributed by atoms with Crippen LogP contribution in [0.3, 0.4) is 0 Å². The molecule has 2 aromatic carbocycles. The molecule has 0 aliphatic carbocycles. The number of aromatic amines is 1. The molecule has 1 saturated heterocycles. The van der Waals surface area contributed by atoms with Crippen molar-refractivity contribution >= 4 is 17.1 Å². The monoisotopic (exact) mass is 474 g/mol. The Morgan fingerprint density at radius 3 is 2.63 bits per heavy atom. The van der Waals surface area contributed by atoms with Gasteiger partial charge in [-0.05, 0) is 49.9 Å². The lowest BCUT2D eigenvalue weighted by molar-refractivity contribution is -0.133. The minimum Gasteiger partial charge on any atom is -0.342 e. The first-order valence-electron chi connectivity index (χ1n) is 11.8. The van der Waals surface area contributed by atoms with Crippen LogP contribution in [0.4, 0.5) is 4.39 Å². The van der Waals surface area contributed by atoms with Crippen molar-refractivity contribution in [2.24, 2.45) is 0 Å². The number of nitrogens with zero attached hydrogens (tertiary/aromatic N) is 5. The molecular formula is C26H27FN6O2. The maximum Gasteiger partial charge on any atom is 0.281 e. The van der Waals surface area contributed by atoms with E-state index < -0.39 is 0 Å². The number of nitrogens with one attached hydrogen (secondary N) is 1. The van der Waals surface area contributed by atoms with Crippen molar-refractivity contribution in [3.05, 3.63) is 87.2 Å². The first-order chi connectivity index (χ1) is 16.9. The van der Waals surface area contributed by atoms with E-state index in [-0.39, 0.29) is 41.2 Å². The van der Waals surface area contributed by atoms with E-state index in [1.165, 1.54) is 22.4 Å². The molecule has 0 spiro atoms. The summed E-state index contributed by atoms with van der Waals surface area (Å²) >= 11 is 0. The second kappa shape index (κ2) is 9.40. The van der Waals surface area contributed by atoms with Gasteiger partial charge >= 0.3 is 0 Å². The lowest BCUT2D eigenvalue weighted by atomic mass is 9.93. The fourth-order valence-corrected chi connectivity index (χ4v) is 4.64. The van der Waals surface area contributed by atoms with Crippen LogP contribution in [0, 0.1) is 12.7 Å². The van der Waals surface area contributed by atoms with E-state index in [4.69, 9.17) is 0 Å². The van der Waals surface area contributed by atoms with E-state index >= 15 is 0 Å². The Labute approximate surface area is 201 Å². The minimum absolute atomic E-state index is 0.0170. The third-order valence-electron chi connectivity index (χ3n) is 6.75. The summed E-state index contributed by atoms with van der Waals surface area (Å²) in [7, 11) is 0. The zero-order chi connectivity index (χ0) is 24.5. The third-order valence-corrected chi connectivity index (χ3v) is 6.75. The predicted octanol–water partition coefficient (Wildman–Crippen LogP) is 3.52. The van der Waals surface area contributed by atoms with Crippen molar-refractivity contribution < 1.29 is 9.18 Å². The highest BCUT2D eigenvalue weighted by molar-refractivity contribution is 5.83. The highest BCUT2D eigenvalue weighted by Crippen LogP contribution is 2.28. The topological polar surface area (TPSA) is 96.8 Å². The number of rotatable bonds is 5. The number of aromatic nitrogens is 5. The van der Waals surface area contributed by atoms with Crippen molar-refractivity contribution in [2.45, 2.75) is 45.1 Å². The van der Waals surface area contributed by atoms with Crippen LogP contribution in [0.2, 0.25) is 0 Å². The Balaban J connectivity index is 1.31.